The van der Waals surface area contributed by atoms with Crippen molar-refractivity contribution in [2.45, 2.75) is 19.3 Å². The number of hydrogen-bond acceptors (Lipinski definition) is 3. The lowest BCUT2D eigenvalue weighted by molar-refractivity contribution is 0.528. The predicted octanol–water partition coefficient (Wildman–Crippen LogP) is 3.45. The maximum atomic E-state index is 5.68. The third kappa shape index (κ3) is 1.79. The summed E-state index contributed by atoms with van der Waals surface area (Å²) in [6.45, 7) is 0. The minimum Gasteiger partial charge on any atom is -0.437 e. The highest BCUT2D eigenvalue weighted by atomic mass is 32.1. The van der Waals surface area contributed by atoms with E-state index in [-0.39, 0.29) is 0 Å². The van der Waals surface area contributed by atoms with Gasteiger partial charge in [-0.05, 0) is 29.7 Å². The minimum absolute atomic E-state index is 0.784. The summed E-state index contributed by atoms with van der Waals surface area (Å²) in [6.07, 6.45) is 11.0. The Kier molecular flexibility index (Phi) is 2.06. The van der Waals surface area contributed by atoms with E-state index in [1.807, 2.05) is 12.3 Å². The summed E-state index contributed by atoms with van der Waals surface area (Å²) in [7, 11) is 0. The van der Waals surface area contributed by atoms with Gasteiger partial charge in [0.25, 0.3) is 0 Å². The van der Waals surface area contributed by atoms with Crippen molar-refractivity contribution in [3.8, 4) is 0 Å². The van der Waals surface area contributed by atoms with E-state index in [0.29, 0.717) is 0 Å². The van der Waals surface area contributed by atoms with E-state index in [9.17, 15) is 0 Å². The molecule has 0 amide bonds. The number of oxazole rings is 1. The van der Waals surface area contributed by atoms with Crippen LogP contribution in [0.4, 0.5) is 0 Å². The first-order chi connectivity index (χ1) is 7.33. The second-order valence-electron chi connectivity index (χ2n) is 3.81. The van der Waals surface area contributed by atoms with E-state index in [0.717, 1.165) is 35.8 Å². The van der Waals surface area contributed by atoms with Crippen LogP contribution in [-0.4, -0.2) is 4.98 Å². The molecule has 0 aromatic carbocycles. The summed E-state index contributed by atoms with van der Waals surface area (Å²) in [4.78, 5) is 5.38. The maximum Gasteiger partial charge on any atom is 0.222 e. The summed E-state index contributed by atoms with van der Waals surface area (Å²) in [5, 5.41) is 0. The highest BCUT2D eigenvalue weighted by Gasteiger charge is 2.18. The second kappa shape index (κ2) is 3.42. The van der Waals surface area contributed by atoms with Crippen molar-refractivity contribution in [1.29, 1.82) is 0 Å². The van der Waals surface area contributed by atoms with E-state index in [1.165, 1.54) is 11.1 Å². The van der Waals surface area contributed by atoms with Crippen LogP contribution in [0, 0.1) is 0 Å². The highest BCUT2D eigenvalue weighted by molar-refractivity contribution is 7.84. The average molecular weight is 217 g/mol. The second-order valence-corrected chi connectivity index (χ2v) is 4.39. The topological polar surface area (TPSA) is 26.0 Å². The number of rotatable bonds is 2. The Labute approximate surface area is 93.8 Å². The third-order valence-corrected chi connectivity index (χ3v) is 3.01. The first-order valence-electron chi connectivity index (χ1n) is 5.07. The Hall–Kier alpha value is -1.22. The quantitative estimate of drug-likeness (QED) is 0.768. The zero-order chi connectivity index (χ0) is 10.3. The van der Waals surface area contributed by atoms with Gasteiger partial charge in [-0.25, -0.2) is 4.98 Å². The SMILES string of the molecule is SC1=CC=C(c2cnc(C3=CC3)o2)CC1. The van der Waals surface area contributed by atoms with Crippen LogP contribution in [0.1, 0.15) is 30.9 Å². The van der Waals surface area contributed by atoms with Gasteiger partial charge < -0.3 is 4.42 Å². The summed E-state index contributed by atoms with van der Waals surface area (Å²) in [6, 6.07) is 0. The van der Waals surface area contributed by atoms with Crippen molar-refractivity contribution in [3.63, 3.8) is 0 Å². The zero-order valence-corrected chi connectivity index (χ0v) is 9.13. The van der Waals surface area contributed by atoms with Crippen LogP contribution < -0.4 is 0 Å². The Bertz CT molecular complexity index is 493. The smallest absolute Gasteiger partial charge is 0.222 e. The molecule has 3 heteroatoms. The van der Waals surface area contributed by atoms with Gasteiger partial charge in [-0.3, -0.25) is 0 Å². The van der Waals surface area contributed by atoms with Crippen molar-refractivity contribution in [3.05, 3.63) is 41.0 Å². The lowest BCUT2D eigenvalue weighted by atomic mass is 10.0. The molecule has 15 heavy (non-hydrogen) atoms. The van der Waals surface area contributed by atoms with Crippen LogP contribution in [0.25, 0.3) is 11.1 Å². The molecule has 1 aromatic rings. The van der Waals surface area contributed by atoms with E-state index in [1.54, 1.807) is 0 Å². The lowest BCUT2D eigenvalue weighted by Gasteiger charge is -2.08. The summed E-state index contributed by atoms with van der Waals surface area (Å²) >= 11 is 4.32. The standard InChI is InChI=1S/C12H11NOS/c15-10-5-3-8(4-6-10)11-7-13-12(14-11)9-1-2-9/h1,3,5,7,15H,2,4,6H2. The van der Waals surface area contributed by atoms with Gasteiger partial charge >= 0.3 is 0 Å². The van der Waals surface area contributed by atoms with Gasteiger partial charge in [0.2, 0.25) is 5.89 Å². The molecule has 2 nitrogen and oxygen atoms in total. The fourth-order valence-electron chi connectivity index (χ4n) is 1.63. The molecule has 1 heterocycles. The van der Waals surface area contributed by atoms with Crippen LogP contribution in [0.5, 0.6) is 0 Å². The van der Waals surface area contributed by atoms with E-state index < -0.39 is 0 Å². The van der Waals surface area contributed by atoms with Crippen LogP contribution in [-0.2, 0) is 0 Å². The monoisotopic (exact) mass is 217 g/mol. The Morgan fingerprint density at radius 2 is 2.07 bits per heavy atom. The number of aromatic nitrogens is 1. The van der Waals surface area contributed by atoms with Gasteiger partial charge in [-0.15, -0.1) is 12.6 Å². The molecule has 2 aliphatic carbocycles. The Morgan fingerprint density at radius 3 is 2.73 bits per heavy atom. The third-order valence-electron chi connectivity index (χ3n) is 2.63. The molecule has 3 rings (SSSR count). The predicted molar refractivity (Wildman–Crippen MR) is 63.4 cm³/mol. The molecule has 76 valence electrons. The highest BCUT2D eigenvalue weighted by Crippen LogP contribution is 2.33. The lowest BCUT2D eigenvalue weighted by Crippen LogP contribution is -1.88. The molecule has 0 atom stereocenters. The van der Waals surface area contributed by atoms with Crippen molar-refractivity contribution < 1.29 is 4.42 Å². The average Bonchev–Trinajstić information content (AvgIpc) is 2.99. The Balaban J connectivity index is 1.89. The van der Waals surface area contributed by atoms with Gasteiger partial charge in [-0.1, -0.05) is 18.2 Å². The molecule has 0 N–H and O–H groups in total. The summed E-state index contributed by atoms with van der Waals surface area (Å²) < 4.78 is 5.68. The first-order valence-corrected chi connectivity index (χ1v) is 5.52. The van der Waals surface area contributed by atoms with E-state index in [4.69, 9.17) is 4.42 Å². The molecule has 0 bridgehead atoms. The Morgan fingerprint density at radius 1 is 1.20 bits per heavy atom. The van der Waals surface area contributed by atoms with Crippen LogP contribution in [0.3, 0.4) is 0 Å². The molecule has 0 fully saturated rings. The van der Waals surface area contributed by atoms with Crippen molar-refractivity contribution in [2.75, 3.05) is 0 Å². The van der Waals surface area contributed by atoms with Crippen molar-refractivity contribution in [2.24, 2.45) is 0 Å². The number of allylic oxidation sites excluding steroid dienone is 6. The fraction of sp³-hybridized carbons (Fsp3) is 0.250. The van der Waals surface area contributed by atoms with Gasteiger partial charge in [0.1, 0.15) is 0 Å². The number of thiol groups is 1. The van der Waals surface area contributed by atoms with Gasteiger partial charge in [0, 0.05) is 5.57 Å². The summed E-state index contributed by atoms with van der Waals surface area (Å²) in [5.41, 5.74) is 2.44. The maximum absolute atomic E-state index is 5.68. The van der Waals surface area contributed by atoms with Crippen molar-refractivity contribution in [1.82, 2.24) is 4.98 Å². The number of nitrogens with zero attached hydrogens (tertiary/aromatic N) is 1. The molecule has 0 unspecified atom stereocenters. The molecule has 0 saturated carbocycles. The zero-order valence-electron chi connectivity index (χ0n) is 8.23. The van der Waals surface area contributed by atoms with Crippen LogP contribution in [0.15, 0.2) is 33.7 Å². The van der Waals surface area contributed by atoms with E-state index >= 15 is 0 Å². The molecule has 0 radical (unpaired) electrons. The molecule has 1 aromatic heterocycles. The summed E-state index contributed by atoms with van der Waals surface area (Å²) in [5.74, 6) is 1.68. The molecule has 0 spiro atoms. The van der Waals surface area contributed by atoms with Gasteiger partial charge in [0.15, 0.2) is 5.76 Å². The fourth-order valence-corrected chi connectivity index (χ4v) is 1.81. The largest absolute Gasteiger partial charge is 0.437 e. The minimum atomic E-state index is 0.784. The molecular weight excluding hydrogens is 206 g/mol. The van der Waals surface area contributed by atoms with Crippen LogP contribution in [0.2, 0.25) is 0 Å². The van der Waals surface area contributed by atoms with Crippen molar-refractivity contribution >= 4 is 23.8 Å². The number of hydrogen-bond donors (Lipinski definition) is 1. The molecule has 0 saturated heterocycles. The normalized spacial score (nSPS) is 19.4. The van der Waals surface area contributed by atoms with Crippen LogP contribution >= 0.6 is 12.6 Å². The first kappa shape index (κ1) is 9.04. The molecular formula is C12H11NOS. The van der Waals surface area contributed by atoms with Gasteiger partial charge in [-0.2, -0.15) is 0 Å². The molecule has 2 aliphatic rings. The van der Waals surface area contributed by atoms with E-state index in [2.05, 4.69) is 29.8 Å². The molecule has 0 aliphatic heterocycles. The van der Waals surface area contributed by atoms with Gasteiger partial charge in [0.05, 0.1) is 6.20 Å².